The zero-order valence-electron chi connectivity index (χ0n) is 9.83. The Labute approximate surface area is 87.2 Å². The summed E-state index contributed by atoms with van der Waals surface area (Å²) in [7, 11) is 0. The van der Waals surface area contributed by atoms with Crippen molar-refractivity contribution >= 4 is 0 Å². The molecule has 0 unspecified atom stereocenters. The molecule has 2 N–H and O–H groups in total. The third-order valence-electron chi connectivity index (χ3n) is 1.41. The van der Waals surface area contributed by atoms with E-state index in [2.05, 4.69) is 0 Å². The zero-order valence-corrected chi connectivity index (χ0v) is 9.83. The van der Waals surface area contributed by atoms with Gasteiger partial charge < -0.3 is 10.2 Å². The zero-order chi connectivity index (χ0) is 11.6. The number of hydrogen-bond acceptors (Lipinski definition) is 2. The van der Waals surface area contributed by atoms with Gasteiger partial charge in [0.15, 0.2) is 0 Å². The number of aromatic hydroxyl groups is 1. The van der Waals surface area contributed by atoms with E-state index >= 15 is 0 Å². The molecule has 0 bridgehead atoms. The average molecular weight is 198 g/mol. The second-order valence-corrected chi connectivity index (χ2v) is 2.29. The van der Waals surface area contributed by atoms with Crippen LogP contribution in [0.25, 0.3) is 0 Å². The molecule has 2 heteroatoms. The lowest BCUT2D eigenvalue weighted by molar-refractivity contribution is 0.275. The molecule has 0 saturated carbocycles. The molecule has 0 aliphatic rings. The molecule has 2 nitrogen and oxygen atoms in total. The van der Waals surface area contributed by atoms with Crippen molar-refractivity contribution in [2.24, 2.45) is 0 Å². The number of hydrogen-bond donors (Lipinski definition) is 2. The van der Waals surface area contributed by atoms with Gasteiger partial charge in [-0.05, 0) is 13.0 Å². The Morgan fingerprint density at radius 2 is 1.57 bits per heavy atom. The largest absolute Gasteiger partial charge is 0.508 e. The van der Waals surface area contributed by atoms with Gasteiger partial charge in [-0.2, -0.15) is 0 Å². The Morgan fingerprint density at radius 3 is 1.93 bits per heavy atom. The SMILES string of the molecule is CC.CC.Cc1ccc(O)c(CO)c1. The van der Waals surface area contributed by atoms with Crippen molar-refractivity contribution in [3.63, 3.8) is 0 Å². The Balaban J connectivity index is 0. The quantitative estimate of drug-likeness (QED) is 0.727. The predicted octanol–water partition coefficient (Wildman–Crippen LogP) is 3.25. The maximum atomic E-state index is 9.07. The summed E-state index contributed by atoms with van der Waals surface area (Å²) in [4.78, 5) is 0. The van der Waals surface area contributed by atoms with Gasteiger partial charge in [-0.1, -0.05) is 45.4 Å². The standard InChI is InChI=1S/C8H10O2.2C2H6/c1-6-2-3-8(10)7(4-6)5-9;2*1-2/h2-4,9-10H,5H2,1H3;2*1-2H3. The van der Waals surface area contributed by atoms with Gasteiger partial charge in [-0.15, -0.1) is 0 Å². The summed E-state index contributed by atoms with van der Waals surface area (Å²) >= 11 is 0. The molecular formula is C12H22O2. The predicted molar refractivity (Wildman–Crippen MR) is 61.5 cm³/mol. The highest BCUT2D eigenvalue weighted by Gasteiger charge is 1.97. The van der Waals surface area contributed by atoms with Crippen LogP contribution in [-0.4, -0.2) is 10.2 Å². The molecule has 0 spiro atoms. The van der Waals surface area contributed by atoms with Crippen molar-refractivity contribution in [3.8, 4) is 5.75 Å². The van der Waals surface area contributed by atoms with E-state index in [9.17, 15) is 0 Å². The van der Waals surface area contributed by atoms with Crippen LogP contribution < -0.4 is 0 Å². The van der Waals surface area contributed by atoms with E-state index in [1.165, 1.54) is 0 Å². The first-order valence-corrected chi connectivity index (χ1v) is 5.13. The first-order valence-electron chi connectivity index (χ1n) is 5.13. The molecule has 0 aromatic heterocycles. The van der Waals surface area contributed by atoms with Crippen molar-refractivity contribution < 1.29 is 10.2 Å². The summed E-state index contributed by atoms with van der Waals surface area (Å²) < 4.78 is 0. The molecule has 0 fully saturated rings. The number of aryl methyl sites for hydroxylation is 1. The number of benzene rings is 1. The van der Waals surface area contributed by atoms with Crippen molar-refractivity contribution in [2.75, 3.05) is 0 Å². The van der Waals surface area contributed by atoms with Gasteiger partial charge in [-0.3, -0.25) is 0 Å². The summed E-state index contributed by atoms with van der Waals surface area (Å²) in [5.74, 6) is 0.160. The summed E-state index contributed by atoms with van der Waals surface area (Å²) in [5, 5.41) is 17.8. The lowest BCUT2D eigenvalue weighted by Crippen LogP contribution is -1.84. The van der Waals surface area contributed by atoms with Crippen molar-refractivity contribution in [3.05, 3.63) is 29.3 Å². The van der Waals surface area contributed by atoms with Crippen molar-refractivity contribution in [1.82, 2.24) is 0 Å². The lowest BCUT2D eigenvalue weighted by atomic mass is 10.1. The van der Waals surface area contributed by atoms with E-state index in [1.807, 2.05) is 34.6 Å². The van der Waals surface area contributed by atoms with Crippen LogP contribution >= 0.6 is 0 Å². The van der Waals surface area contributed by atoms with Gasteiger partial charge >= 0.3 is 0 Å². The molecule has 0 aliphatic heterocycles. The molecule has 1 aromatic carbocycles. The second kappa shape index (κ2) is 10.1. The minimum atomic E-state index is -0.104. The molecule has 0 saturated heterocycles. The molecule has 14 heavy (non-hydrogen) atoms. The van der Waals surface area contributed by atoms with E-state index in [4.69, 9.17) is 10.2 Å². The van der Waals surface area contributed by atoms with Crippen LogP contribution in [0.5, 0.6) is 5.75 Å². The van der Waals surface area contributed by atoms with Crippen molar-refractivity contribution in [1.29, 1.82) is 0 Å². The number of rotatable bonds is 1. The molecule has 0 atom stereocenters. The monoisotopic (exact) mass is 198 g/mol. The smallest absolute Gasteiger partial charge is 0.121 e. The van der Waals surface area contributed by atoms with Crippen LogP contribution in [0, 0.1) is 6.92 Å². The summed E-state index contributed by atoms with van der Waals surface area (Å²) in [5.41, 5.74) is 1.63. The van der Waals surface area contributed by atoms with Crippen LogP contribution in [0.2, 0.25) is 0 Å². The normalized spacial score (nSPS) is 7.86. The van der Waals surface area contributed by atoms with Gasteiger partial charge in [0.2, 0.25) is 0 Å². The summed E-state index contributed by atoms with van der Waals surface area (Å²) in [6, 6.07) is 5.14. The first-order chi connectivity index (χ1) is 6.74. The second-order valence-electron chi connectivity index (χ2n) is 2.29. The summed E-state index contributed by atoms with van der Waals surface area (Å²) in [6.07, 6.45) is 0. The molecule has 0 radical (unpaired) electrons. The highest BCUT2D eigenvalue weighted by molar-refractivity contribution is 5.34. The minimum Gasteiger partial charge on any atom is -0.508 e. The Morgan fingerprint density at radius 1 is 1.07 bits per heavy atom. The molecule has 1 rings (SSSR count). The third kappa shape index (κ3) is 5.60. The van der Waals surface area contributed by atoms with Crippen molar-refractivity contribution in [2.45, 2.75) is 41.2 Å². The minimum absolute atomic E-state index is 0.104. The van der Waals surface area contributed by atoms with Crippen LogP contribution in [0.15, 0.2) is 18.2 Å². The first kappa shape index (κ1) is 15.5. The summed E-state index contributed by atoms with van der Waals surface area (Å²) in [6.45, 7) is 9.81. The maximum Gasteiger partial charge on any atom is 0.121 e. The van der Waals surface area contributed by atoms with Crippen LogP contribution in [0.3, 0.4) is 0 Å². The lowest BCUT2D eigenvalue weighted by Gasteiger charge is -2.00. The molecule has 82 valence electrons. The highest BCUT2D eigenvalue weighted by atomic mass is 16.3. The van der Waals surface area contributed by atoms with Crippen LogP contribution in [-0.2, 0) is 6.61 Å². The van der Waals surface area contributed by atoms with Crippen LogP contribution in [0.1, 0.15) is 38.8 Å². The fourth-order valence-corrected chi connectivity index (χ4v) is 0.841. The molecule has 0 amide bonds. The number of aliphatic hydroxyl groups is 1. The van der Waals surface area contributed by atoms with Gasteiger partial charge in [0.25, 0.3) is 0 Å². The fourth-order valence-electron chi connectivity index (χ4n) is 0.841. The van der Waals surface area contributed by atoms with E-state index in [-0.39, 0.29) is 12.4 Å². The van der Waals surface area contributed by atoms with Gasteiger partial charge in [0, 0.05) is 5.56 Å². The molecule has 1 aromatic rings. The van der Waals surface area contributed by atoms with E-state index < -0.39 is 0 Å². The Hall–Kier alpha value is -1.02. The van der Waals surface area contributed by atoms with E-state index in [1.54, 1.807) is 18.2 Å². The van der Waals surface area contributed by atoms with E-state index in [0.717, 1.165) is 5.56 Å². The fraction of sp³-hybridized carbons (Fsp3) is 0.500. The molecule has 0 aliphatic carbocycles. The van der Waals surface area contributed by atoms with Gasteiger partial charge in [-0.25, -0.2) is 0 Å². The third-order valence-corrected chi connectivity index (χ3v) is 1.41. The number of aliphatic hydroxyl groups excluding tert-OH is 1. The molecular weight excluding hydrogens is 176 g/mol. The number of phenols is 1. The van der Waals surface area contributed by atoms with Gasteiger partial charge in [0.05, 0.1) is 6.61 Å². The van der Waals surface area contributed by atoms with E-state index in [0.29, 0.717) is 5.56 Å². The van der Waals surface area contributed by atoms with Crippen LogP contribution in [0.4, 0.5) is 0 Å². The molecule has 0 heterocycles. The average Bonchev–Trinajstić information content (AvgIpc) is 2.27. The Bertz CT molecular complexity index is 232. The highest BCUT2D eigenvalue weighted by Crippen LogP contribution is 2.17. The topological polar surface area (TPSA) is 40.5 Å². The maximum absolute atomic E-state index is 9.07. The Kier molecular flexibility index (Phi) is 11.1. The van der Waals surface area contributed by atoms with Gasteiger partial charge in [0.1, 0.15) is 5.75 Å².